The number of hydrogen-bond donors (Lipinski definition) is 1. The normalized spacial score (nSPS) is 16.0. The highest BCUT2D eigenvalue weighted by Crippen LogP contribution is 2.30. The number of ether oxygens (including phenoxy) is 3. The number of nitrogens with zero attached hydrogens (tertiary/aromatic N) is 1. The van der Waals surface area contributed by atoms with Crippen LogP contribution in [0, 0.1) is 0 Å². The van der Waals surface area contributed by atoms with Gasteiger partial charge in [0.25, 0.3) is 0 Å². The third-order valence-corrected chi connectivity index (χ3v) is 5.29. The van der Waals surface area contributed by atoms with Gasteiger partial charge >= 0.3 is 0 Å². The summed E-state index contributed by atoms with van der Waals surface area (Å²) in [5.74, 6) is 2.24. The van der Waals surface area contributed by atoms with Crippen molar-refractivity contribution in [1.82, 2.24) is 4.90 Å². The number of piperidine rings is 1. The Labute approximate surface area is 179 Å². The van der Waals surface area contributed by atoms with Gasteiger partial charge in [0.1, 0.15) is 11.9 Å². The highest BCUT2D eigenvalue weighted by atomic mass is 16.5. The number of carbonyl (C=O) groups is 1. The average molecular weight is 413 g/mol. The summed E-state index contributed by atoms with van der Waals surface area (Å²) in [5.41, 5.74) is 0.710. The summed E-state index contributed by atoms with van der Waals surface area (Å²) in [6.45, 7) is 8.63. The molecule has 6 heteroatoms. The predicted octanol–water partition coefficient (Wildman–Crippen LogP) is 4.35. The minimum atomic E-state index is -0.226. The average Bonchev–Trinajstić information content (AvgIpc) is 2.77. The molecule has 0 saturated carbocycles. The number of anilines is 1. The van der Waals surface area contributed by atoms with Crippen LogP contribution in [0.3, 0.4) is 0 Å². The Balaban J connectivity index is 1.53. The van der Waals surface area contributed by atoms with Gasteiger partial charge in [-0.3, -0.25) is 9.69 Å². The maximum atomic E-state index is 12.8. The lowest BCUT2D eigenvalue weighted by Crippen LogP contribution is -2.47. The summed E-state index contributed by atoms with van der Waals surface area (Å²) in [6, 6.07) is 15.1. The summed E-state index contributed by atoms with van der Waals surface area (Å²) in [4.78, 5) is 15.0. The van der Waals surface area contributed by atoms with Crippen molar-refractivity contribution >= 4 is 11.6 Å². The van der Waals surface area contributed by atoms with Gasteiger partial charge in [-0.05, 0) is 57.9 Å². The number of benzene rings is 2. The predicted molar refractivity (Wildman–Crippen MR) is 119 cm³/mol. The van der Waals surface area contributed by atoms with Crippen molar-refractivity contribution < 1.29 is 19.0 Å². The molecule has 0 radical (unpaired) electrons. The maximum absolute atomic E-state index is 12.8. The minimum absolute atomic E-state index is 0.0248. The van der Waals surface area contributed by atoms with Crippen molar-refractivity contribution in [2.45, 2.75) is 45.8 Å². The molecule has 0 aliphatic carbocycles. The van der Waals surface area contributed by atoms with Gasteiger partial charge in [-0.15, -0.1) is 0 Å². The monoisotopic (exact) mass is 412 g/mol. The molecule has 1 fully saturated rings. The molecule has 1 saturated heterocycles. The molecule has 1 amide bonds. The zero-order chi connectivity index (χ0) is 21.3. The zero-order valence-corrected chi connectivity index (χ0v) is 18.1. The van der Waals surface area contributed by atoms with Crippen LogP contribution in [0.5, 0.6) is 17.2 Å². The number of rotatable bonds is 9. The first-order valence-corrected chi connectivity index (χ1v) is 10.8. The Morgan fingerprint density at radius 2 is 1.53 bits per heavy atom. The lowest BCUT2D eigenvalue weighted by molar-refractivity contribution is -0.121. The van der Waals surface area contributed by atoms with E-state index in [1.54, 1.807) is 0 Å². The first-order valence-electron chi connectivity index (χ1n) is 10.8. The molecule has 2 aromatic carbocycles. The molecule has 1 heterocycles. The van der Waals surface area contributed by atoms with Gasteiger partial charge in [-0.1, -0.05) is 24.3 Å². The second-order valence-corrected chi connectivity index (χ2v) is 7.33. The highest BCUT2D eigenvalue weighted by Gasteiger charge is 2.28. The first kappa shape index (κ1) is 22.0. The second kappa shape index (κ2) is 10.9. The first-order chi connectivity index (χ1) is 14.6. The van der Waals surface area contributed by atoms with E-state index in [9.17, 15) is 4.79 Å². The van der Waals surface area contributed by atoms with E-state index in [0.29, 0.717) is 24.7 Å². The van der Waals surface area contributed by atoms with Crippen LogP contribution in [-0.2, 0) is 4.79 Å². The van der Waals surface area contributed by atoms with E-state index >= 15 is 0 Å². The smallest absolute Gasteiger partial charge is 0.241 e. The molecule has 1 aliphatic heterocycles. The summed E-state index contributed by atoms with van der Waals surface area (Å²) >= 11 is 0. The Morgan fingerprint density at radius 3 is 2.20 bits per heavy atom. The van der Waals surface area contributed by atoms with Crippen molar-refractivity contribution in [3.05, 3.63) is 48.5 Å². The number of carbonyl (C=O) groups excluding carboxylic acids is 1. The van der Waals surface area contributed by atoms with Crippen LogP contribution in [0.2, 0.25) is 0 Å². The summed E-state index contributed by atoms with van der Waals surface area (Å²) in [7, 11) is 0. The van der Waals surface area contributed by atoms with Gasteiger partial charge in [-0.2, -0.15) is 0 Å². The van der Waals surface area contributed by atoms with Crippen LogP contribution in [0.1, 0.15) is 33.6 Å². The van der Waals surface area contributed by atoms with E-state index in [4.69, 9.17) is 14.2 Å². The van der Waals surface area contributed by atoms with Gasteiger partial charge in [0, 0.05) is 13.1 Å². The van der Waals surface area contributed by atoms with Crippen LogP contribution in [0.4, 0.5) is 5.69 Å². The highest BCUT2D eigenvalue weighted by molar-refractivity contribution is 5.95. The molecule has 0 bridgehead atoms. The van der Waals surface area contributed by atoms with Crippen LogP contribution in [0.25, 0.3) is 0 Å². The topological polar surface area (TPSA) is 60.0 Å². The Morgan fingerprint density at radius 1 is 0.967 bits per heavy atom. The lowest BCUT2D eigenvalue weighted by Gasteiger charge is -2.35. The number of nitrogens with one attached hydrogen (secondary N) is 1. The lowest BCUT2D eigenvalue weighted by atomic mass is 10.1. The van der Waals surface area contributed by atoms with E-state index in [0.717, 1.165) is 37.4 Å². The Kier molecular flexibility index (Phi) is 7.97. The SMILES string of the molecule is CCOc1ccccc1NC(=O)C(C)N1CCC(Oc2ccccc2OCC)CC1. The van der Waals surface area contributed by atoms with Crippen molar-refractivity contribution in [3.8, 4) is 17.2 Å². The quantitative estimate of drug-likeness (QED) is 0.663. The van der Waals surface area contributed by atoms with Gasteiger partial charge in [-0.25, -0.2) is 0 Å². The molecule has 6 nitrogen and oxygen atoms in total. The molecule has 162 valence electrons. The Bertz CT molecular complexity index is 818. The van der Waals surface area contributed by atoms with Gasteiger partial charge < -0.3 is 19.5 Å². The van der Waals surface area contributed by atoms with Crippen LogP contribution < -0.4 is 19.5 Å². The maximum Gasteiger partial charge on any atom is 0.241 e. The van der Waals surface area contributed by atoms with Crippen LogP contribution in [0.15, 0.2) is 48.5 Å². The van der Waals surface area contributed by atoms with Gasteiger partial charge in [0.05, 0.1) is 24.9 Å². The third kappa shape index (κ3) is 5.66. The van der Waals surface area contributed by atoms with E-state index in [2.05, 4.69) is 10.2 Å². The summed E-state index contributed by atoms with van der Waals surface area (Å²) in [6.07, 6.45) is 1.86. The van der Waals surface area contributed by atoms with E-state index in [1.807, 2.05) is 69.3 Å². The van der Waals surface area contributed by atoms with Crippen molar-refractivity contribution in [2.75, 3.05) is 31.6 Å². The van der Waals surface area contributed by atoms with E-state index in [1.165, 1.54) is 0 Å². The van der Waals surface area contributed by atoms with Gasteiger partial charge in [0.2, 0.25) is 5.91 Å². The van der Waals surface area contributed by atoms with Crippen molar-refractivity contribution in [1.29, 1.82) is 0 Å². The molecule has 30 heavy (non-hydrogen) atoms. The Hall–Kier alpha value is -2.73. The number of amides is 1. The van der Waals surface area contributed by atoms with Crippen LogP contribution in [-0.4, -0.2) is 49.3 Å². The fourth-order valence-corrected chi connectivity index (χ4v) is 3.64. The summed E-state index contributed by atoms with van der Waals surface area (Å²) < 4.78 is 17.5. The fourth-order valence-electron chi connectivity index (χ4n) is 3.64. The molecular formula is C24H32N2O4. The number of likely N-dealkylation sites (tertiary alicyclic amines) is 1. The molecule has 1 atom stereocenters. The van der Waals surface area contributed by atoms with Crippen LogP contribution >= 0.6 is 0 Å². The molecule has 1 N–H and O–H groups in total. The number of hydrogen-bond acceptors (Lipinski definition) is 5. The van der Waals surface area contributed by atoms with Crippen molar-refractivity contribution in [3.63, 3.8) is 0 Å². The largest absolute Gasteiger partial charge is 0.492 e. The standard InChI is InChI=1S/C24H32N2O4/c1-4-28-21-11-7-6-10-20(21)25-24(27)18(3)26-16-14-19(15-17-26)30-23-13-9-8-12-22(23)29-5-2/h6-13,18-19H,4-5,14-17H2,1-3H3,(H,25,27). The zero-order valence-electron chi connectivity index (χ0n) is 18.1. The van der Waals surface area contributed by atoms with Gasteiger partial charge in [0.15, 0.2) is 11.5 Å². The van der Waals surface area contributed by atoms with E-state index in [-0.39, 0.29) is 18.1 Å². The number of para-hydroxylation sites is 4. The molecule has 1 unspecified atom stereocenters. The molecule has 1 aliphatic rings. The second-order valence-electron chi connectivity index (χ2n) is 7.33. The fraction of sp³-hybridized carbons (Fsp3) is 0.458. The molecule has 3 rings (SSSR count). The third-order valence-electron chi connectivity index (χ3n) is 5.29. The molecular weight excluding hydrogens is 380 g/mol. The molecule has 2 aromatic rings. The summed E-state index contributed by atoms with van der Waals surface area (Å²) in [5, 5.41) is 3.01. The van der Waals surface area contributed by atoms with Crippen molar-refractivity contribution in [2.24, 2.45) is 0 Å². The molecule has 0 spiro atoms. The van der Waals surface area contributed by atoms with E-state index < -0.39 is 0 Å². The minimum Gasteiger partial charge on any atom is -0.492 e. The molecule has 0 aromatic heterocycles.